The Kier molecular flexibility index (Phi) is 3.85. The summed E-state index contributed by atoms with van der Waals surface area (Å²) >= 11 is 0. The molecule has 4 nitrogen and oxygen atoms in total. The minimum absolute atomic E-state index is 0.0128. The molecule has 2 fully saturated rings. The van der Waals surface area contributed by atoms with E-state index in [2.05, 4.69) is 0 Å². The van der Waals surface area contributed by atoms with Crippen LogP contribution in [0.4, 0.5) is 0 Å². The number of ether oxygens (including phenoxy) is 2. The highest BCUT2D eigenvalue weighted by Crippen LogP contribution is 2.36. The van der Waals surface area contributed by atoms with Crippen LogP contribution in [0.25, 0.3) is 0 Å². The molecule has 0 aliphatic carbocycles. The van der Waals surface area contributed by atoms with Crippen LogP contribution in [0, 0.1) is 11.8 Å². The molecule has 3 atom stereocenters. The Bertz CT molecular complexity index is 281. The molecule has 0 aromatic carbocycles. The smallest absolute Gasteiger partial charge is 0.164 e. The molecule has 1 N–H and O–H groups in total. The molecule has 98 valence electrons. The lowest BCUT2D eigenvalue weighted by molar-refractivity contribution is -0.146. The lowest BCUT2D eigenvalue weighted by Crippen LogP contribution is -2.45. The van der Waals surface area contributed by atoms with E-state index in [1.165, 1.54) is 0 Å². The van der Waals surface area contributed by atoms with Gasteiger partial charge in [-0.25, -0.2) is 0 Å². The van der Waals surface area contributed by atoms with Crippen molar-refractivity contribution in [3.63, 3.8) is 0 Å². The van der Waals surface area contributed by atoms with Crippen molar-refractivity contribution in [2.45, 2.75) is 44.8 Å². The Labute approximate surface area is 102 Å². The first-order valence-electron chi connectivity index (χ1n) is 6.48. The summed E-state index contributed by atoms with van der Waals surface area (Å²) < 4.78 is 11.2. The first-order valence-corrected chi connectivity index (χ1v) is 6.48. The number of rotatable bonds is 3. The third kappa shape index (κ3) is 2.69. The maximum Gasteiger partial charge on any atom is 0.164 e. The Morgan fingerprint density at radius 2 is 2.18 bits per heavy atom. The standard InChI is InChI=1S/C13H22O4/c1-9(2)11(14)12(15)10-3-5-17-13(7-10)4-6-16-8-13/h9-11,14H,3-8H2,1-2H3. The van der Waals surface area contributed by atoms with Crippen LogP contribution in [0.3, 0.4) is 0 Å². The highest BCUT2D eigenvalue weighted by atomic mass is 16.6. The third-order valence-corrected chi connectivity index (χ3v) is 3.89. The number of carbonyl (C=O) groups excluding carboxylic acids is 1. The van der Waals surface area contributed by atoms with Gasteiger partial charge in [-0.3, -0.25) is 4.79 Å². The van der Waals surface area contributed by atoms with Crippen molar-refractivity contribution >= 4 is 5.78 Å². The number of hydrogen-bond acceptors (Lipinski definition) is 4. The van der Waals surface area contributed by atoms with E-state index in [1.54, 1.807) is 0 Å². The molecular formula is C13H22O4. The number of aliphatic hydroxyl groups is 1. The normalized spacial score (nSPS) is 35.4. The van der Waals surface area contributed by atoms with Crippen LogP contribution in [0.1, 0.15) is 33.1 Å². The number of Topliss-reactive ketones (excluding diaryl/α,β-unsaturated/α-hetero) is 1. The fourth-order valence-corrected chi connectivity index (χ4v) is 2.70. The van der Waals surface area contributed by atoms with Gasteiger partial charge >= 0.3 is 0 Å². The molecule has 2 rings (SSSR count). The highest BCUT2D eigenvalue weighted by molar-refractivity contribution is 5.85. The van der Waals surface area contributed by atoms with Crippen LogP contribution in [-0.2, 0) is 14.3 Å². The molecule has 2 aliphatic rings. The van der Waals surface area contributed by atoms with Gasteiger partial charge in [0.2, 0.25) is 0 Å². The molecule has 0 radical (unpaired) electrons. The van der Waals surface area contributed by atoms with Crippen molar-refractivity contribution in [1.29, 1.82) is 0 Å². The van der Waals surface area contributed by atoms with Gasteiger partial charge in [0.25, 0.3) is 0 Å². The molecule has 0 saturated carbocycles. The SMILES string of the molecule is CC(C)C(O)C(=O)C1CCOC2(CCOC2)C1. The Balaban J connectivity index is 1.99. The zero-order valence-electron chi connectivity index (χ0n) is 10.6. The molecule has 1 spiro atoms. The van der Waals surface area contributed by atoms with Gasteiger partial charge in [-0.1, -0.05) is 13.8 Å². The molecule has 2 saturated heterocycles. The van der Waals surface area contributed by atoms with Gasteiger partial charge in [0.1, 0.15) is 6.10 Å². The molecule has 0 aromatic rings. The van der Waals surface area contributed by atoms with E-state index in [4.69, 9.17) is 9.47 Å². The molecule has 0 amide bonds. The lowest BCUT2D eigenvalue weighted by atomic mass is 9.80. The second-order valence-electron chi connectivity index (χ2n) is 5.62. The lowest BCUT2D eigenvalue weighted by Gasteiger charge is -2.37. The van der Waals surface area contributed by atoms with E-state index in [9.17, 15) is 9.90 Å². The van der Waals surface area contributed by atoms with E-state index in [1.807, 2.05) is 13.8 Å². The molecule has 0 bridgehead atoms. The van der Waals surface area contributed by atoms with Gasteiger partial charge in [0.15, 0.2) is 5.78 Å². The largest absolute Gasteiger partial charge is 0.385 e. The summed E-state index contributed by atoms with van der Waals surface area (Å²) in [6, 6.07) is 0. The van der Waals surface area contributed by atoms with Gasteiger partial charge in [-0.15, -0.1) is 0 Å². The van der Waals surface area contributed by atoms with Crippen molar-refractivity contribution in [3.8, 4) is 0 Å². The van der Waals surface area contributed by atoms with Crippen molar-refractivity contribution in [1.82, 2.24) is 0 Å². The summed E-state index contributed by atoms with van der Waals surface area (Å²) in [6.45, 7) is 5.65. The zero-order chi connectivity index (χ0) is 12.5. The van der Waals surface area contributed by atoms with Crippen LogP contribution in [0.15, 0.2) is 0 Å². The molecule has 0 aromatic heterocycles. The summed E-state index contributed by atoms with van der Waals surface area (Å²) in [6.07, 6.45) is 1.46. The monoisotopic (exact) mass is 242 g/mol. The Hall–Kier alpha value is -0.450. The van der Waals surface area contributed by atoms with Gasteiger partial charge in [0.05, 0.1) is 12.2 Å². The van der Waals surface area contributed by atoms with Crippen molar-refractivity contribution < 1.29 is 19.4 Å². The zero-order valence-corrected chi connectivity index (χ0v) is 10.6. The van der Waals surface area contributed by atoms with Crippen LogP contribution < -0.4 is 0 Å². The number of carbonyl (C=O) groups is 1. The van der Waals surface area contributed by atoms with E-state index in [0.29, 0.717) is 26.2 Å². The summed E-state index contributed by atoms with van der Waals surface area (Å²) in [7, 11) is 0. The summed E-state index contributed by atoms with van der Waals surface area (Å²) in [5.41, 5.74) is -0.255. The van der Waals surface area contributed by atoms with Crippen molar-refractivity contribution in [2.75, 3.05) is 19.8 Å². The maximum atomic E-state index is 12.1. The first kappa shape index (κ1) is 13.0. The quantitative estimate of drug-likeness (QED) is 0.807. The van der Waals surface area contributed by atoms with Crippen LogP contribution >= 0.6 is 0 Å². The number of ketones is 1. The maximum absolute atomic E-state index is 12.1. The van der Waals surface area contributed by atoms with Crippen molar-refractivity contribution in [3.05, 3.63) is 0 Å². The predicted molar refractivity (Wildman–Crippen MR) is 62.7 cm³/mol. The van der Waals surface area contributed by atoms with Crippen molar-refractivity contribution in [2.24, 2.45) is 11.8 Å². The van der Waals surface area contributed by atoms with Crippen LogP contribution in [0.5, 0.6) is 0 Å². The minimum Gasteiger partial charge on any atom is -0.385 e. The summed E-state index contributed by atoms with van der Waals surface area (Å²) in [5.74, 6) is -0.0986. The molecule has 3 unspecified atom stereocenters. The predicted octanol–water partition coefficient (Wildman–Crippen LogP) is 1.16. The second-order valence-corrected chi connectivity index (χ2v) is 5.62. The fraction of sp³-hybridized carbons (Fsp3) is 0.923. The minimum atomic E-state index is -0.836. The molecule has 4 heteroatoms. The van der Waals surface area contributed by atoms with E-state index in [0.717, 1.165) is 12.8 Å². The van der Waals surface area contributed by atoms with Gasteiger partial charge in [-0.2, -0.15) is 0 Å². The highest BCUT2D eigenvalue weighted by Gasteiger charge is 2.44. The first-order chi connectivity index (χ1) is 8.04. The van der Waals surface area contributed by atoms with E-state index >= 15 is 0 Å². The van der Waals surface area contributed by atoms with Crippen LogP contribution in [-0.4, -0.2) is 42.4 Å². The van der Waals surface area contributed by atoms with E-state index in [-0.39, 0.29) is 23.2 Å². The Morgan fingerprint density at radius 1 is 1.41 bits per heavy atom. The van der Waals surface area contributed by atoms with Gasteiger partial charge in [0, 0.05) is 25.6 Å². The average molecular weight is 242 g/mol. The summed E-state index contributed by atoms with van der Waals surface area (Å²) in [4.78, 5) is 12.1. The molecule has 2 aliphatic heterocycles. The summed E-state index contributed by atoms with van der Waals surface area (Å²) in [5, 5.41) is 9.86. The second kappa shape index (κ2) is 5.04. The van der Waals surface area contributed by atoms with E-state index < -0.39 is 6.10 Å². The molecule has 17 heavy (non-hydrogen) atoms. The molecule has 2 heterocycles. The third-order valence-electron chi connectivity index (χ3n) is 3.89. The van der Waals surface area contributed by atoms with Gasteiger partial charge < -0.3 is 14.6 Å². The number of hydrogen-bond donors (Lipinski definition) is 1. The van der Waals surface area contributed by atoms with Crippen LogP contribution in [0.2, 0.25) is 0 Å². The number of aliphatic hydroxyl groups excluding tert-OH is 1. The average Bonchev–Trinajstić information content (AvgIpc) is 2.75. The fourth-order valence-electron chi connectivity index (χ4n) is 2.70. The topological polar surface area (TPSA) is 55.8 Å². The van der Waals surface area contributed by atoms with Gasteiger partial charge in [-0.05, 0) is 18.8 Å². The molecular weight excluding hydrogens is 220 g/mol. The Morgan fingerprint density at radius 3 is 2.76 bits per heavy atom.